The first-order valence-electron chi connectivity index (χ1n) is 8.07. The average Bonchev–Trinajstić information content (AvgIpc) is 3.02. The molecule has 134 valence electrons. The van der Waals surface area contributed by atoms with Gasteiger partial charge in [0.1, 0.15) is 5.69 Å². The monoisotopic (exact) mass is 405 g/mol. The molecule has 26 heavy (non-hydrogen) atoms. The fraction of sp³-hybridized carbons (Fsp3) is 0.211. The van der Waals surface area contributed by atoms with E-state index in [9.17, 15) is 4.79 Å². The summed E-state index contributed by atoms with van der Waals surface area (Å²) in [5.74, 6) is 0. The minimum atomic E-state index is 0.491. The van der Waals surface area contributed by atoms with Gasteiger partial charge in [-0.05, 0) is 43.2 Å². The van der Waals surface area contributed by atoms with Crippen molar-refractivity contribution in [2.24, 2.45) is 0 Å². The maximum absolute atomic E-state index is 11.2. The number of thiazole rings is 1. The highest BCUT2D eigenvalue weighted by Gasteiger charge is 2.15. The summed E-state index contributed by atoms with van der Waals surface area (Å²) in [5.41, 5.74) is 2.57. The smallest absolute Gasteiger partial charge is 0.186 e. The van der Waals surface area contributed by atoms with Gasteiger partial charge in [0, 0.05) is 22.6 Å². The van der Waals surface area contributed by atoms with Crippen LogP contribution in [-0.2, 0) is 13.0 Å². The second-order valence-corrected chi connectivity index (χ2v) is 7.88. The predicted molar refractivity (Wildman–Crippen MR) is 108 cm³/mol. The third kappa shape index (κ3) is 4.81. The first-order valence-corrected chi connectivity index (χ1v) is 9.65. The quantitative estimate of drug-likeness (QED) is 0.505. The van der Waals surface area contributed by atoms with E-state index in [1.165, 1.54) is 16.9 Å². The maximum atomic E-state index is 11.2. The van der Waals surface area contributed by atoms with Crippen molar-refractivity contribution in [3.8, 4) is 0 Å². The SMILES string of the molecule is Cc1sc(N(CCc2ccc(Cl)cc2)Cc2ccc(Cl)cn2)nc1C=O. The average molecular weight is 406 g/mol. The Labute approximate surface area is 166 Å². The fourth-order valence-electron chi connectivity index (χ4n) is 2.49. The summed E-state index contributed by atoms with van der Waals surface area (Å²) >= 11 is 13.4. The number of aromatic nitrogens is 2. The highest BCUT2D eigenvalue weighted by Crippen LogP contribution is 2.26. The molecule has 0 spiro atoms. The van der Waals surface area contributed by atoms with E-state index in [2.05, 4.69) is 14.9 Å². The second-order valence-electron chi connectivity index (χ2n) is 5.82. The molecule has 0 unspecified atom stereocenters. The number of pyridine rings is 1. The van der Waals surface area contributed by atoms with Crippen molar-refractivity contribution in [3.05, 3.63) is 74.5 Å². The highest BCUT2D eigenvalue weighted by molar-refractivity contribution is 7.15. The van der Waals surface area contributed by atoms with Crippen LogP contribution >= 0.6 is 34.5 Å². The number of nitrogens with zero attached hydrogens (tertiary/aromatic N) is 3. The number of carbonyl (C=O) groups excluding carboxylic acids is 1. The molecule has 7 heteroatoms. The van der Waals surface area contributed by atoms with Crippen molar-refractivity contribution in [1.29, 1.82) is 0 Å². The zero-order valence-electron chi connectivity index (χ0n) is 14.2. The maximum Gasteiger partial charge on any atom is 0.186 e. The van der Waals surface area contributed by atoms with Crippen LogP contribution in [0.2, 0.25) is 10.0 Å². The number of aryl methyl sites for hydroxylation is 1. The molecule has 0 radical (unpaired) electrons. The number of hydrogen-bond acceptors (Lipinski definition) is 5. The zero-order valence-corrected chi connectivity index (χ0v) is 16.5. The molecule has 3 rings (SSSR count). The van der Waals surface area contributed by atoms with E-state index in [0.29, 0.717) is 17.3 Å². The molecule has 2 aromatic heterocycles. The Kier molecular flexibility index (Phi) is 6.25. The predicted octanol–water partition coefficient (Wildman–Crippen LogP) is 5.22. The van der Waals surface area contributed by atoms with E-state index >= 15 is 0 Å². The number of rotatable bonds is 7. The molecular formula is C19H17Cl2N3OS. The van der Waals surface area contributed by atoms with Gasteiger partial charge in [-0.25, -0.2) is 4.98 Å². The van der Waals surface area contributed by atoms with Gasteiger partial charge in [-0.1, -0.05) is 35.3 Å². The van der Waals surface area contributed by atoms with Crippen molar-refractivity contribution < 1.29 is 4.79 Å². The van der Waals surface area contributed by atoms with Crippen LogP contribution in [0.3, 0.4) is 0 Å². The molecular weight excluding hydrogens is 389 g/mol. The number of benzene rings is 1. The van der Waals surface area contributed by atoms with Crippen molar-refractivity contribution in [2.75, 3.05) is 11.4 Å². The molecule has 0 atom stereocenters. The molecule has 1 aromatic carbocycles. The summed E-state index contributed by atoms with van der Waals surface area (Å²) in [6, 6.07) is 11.5. The Hall–Kier alpha value is -1.95. The van der Waals surface area contributed by atoms with Gasteiger partial charge in [-0.15, -0.1) is 11.3 Å². The summed E-state index contributed by atoms with van der Waals surface area (Å²) < 4.78 is 0. The number of hydrogen-bond donors (Lipinski definition) is 0. The van der Waals surface area contributed by atoms with Gasteiger partial charge in [-0.2, -0.15) is 0 Å². The number of carbonyl (C=O) groups is 1. The lowest BCUT2D eigenvalue weighted by Crippen LogP contribution is -2.25. The molecule has 0 N–H and O–H groups in total. The van der Waals surface area contributed by atoms with E-state index in [1.807, 2.05) is 43.3 Å². The van der Waals surface area contributed by atoms with Crippen LogP contribution in [0.1, 0.15) is 26.6 Å². The Morgan fingerprint density at radius 2 is 1.85 bits per heavy atom. The lowest BCUT2D eigenvalue weighted by atomic mass is 10.1. The van der Waals surface area contributed by atoms with Crippen LogP contribution in [-0.4, -0.2) is 22.8 Å². The number of halogens is 2. The van der Waals surface area contributed by atoms with Crippen LogP contribution in [0.5, 0.6) is 0 Å². The summed E-state index contributed by atoms with van der Waals surface area (Å²) in [6.07, 6.45) is 3.27. The molecule has 0 saturated heterocycles. The first kappa shape index (κ1) is 18.8. The van der Waals surface area contributed by atoms with Crippen LogP contribution in [0.25, 0.3) is 0 Å². The minimum absolute atomic E-state index is 0.491. The summed E-state index contributed by atoms with van der Waals surface area (Å²) in [4.78, 5) is 23.0. The Morgan fingerprint density at radius 3 is 2.46 bits per heavy atom. The van der Waals surface area contributed by atoms with E-state index < -0.39 is 0 Å². The molecule has 4 nitrogen and oxygen atoms in total. The highest BCUT2D eigenvalue weighted by atomic mass is 35.5. The second kappa shape index (κ2) is 8.62. The number of anilines is 1. The molecule has 0 bridgehead atoms. The minimum Gasteiger partial charge on any atom is -0.342 e. The standard InChI is InChI=1S/C19H17Cl2N3OS/c1-13-18(12-25)23-19(26-13)24(11-17-7-6-16(21)10-22-17)9-8-14-2-4-15(20)5-3-14/h2-7,10,12H,8-9,11H2,1H3. The molecule has 3 aromatic rings. The van der Waals surface area contributed by atoms with E-state index in [0.717, 1.165) is 40.0 Å². The largest absolute Gasteiger partial charge is 0.342 e. The Bertz CT molecular complexity index is 879. The molecule has 0 saturated carbocycles. The van der Waals surface area contributed by atoms with Crippen LogP contribution in [0.15, 0.2) is 42.6 Å². The third-order valence-electron chi connectivity index (χ3n) is 3.93. The molecule has 2 heterocycles. The Morgan fingerprint density at radius 1 is 1.12 bits per heavy atom. The van der Waals surface area contributed by atoms with Gasteiger partial charge >= 0.3 is 0 Å². The van der Waals surface area contributed by atoms with Gasteiger partial charge in [-0.3, -0.25) is 9.78 Å². The van der Waals surface area contributed by atoms with Crippen molar-refractivity contribution in [1.82, 2.24) is 9.97 Å². The summed E-state index contributed by atoms with van der Waals surface area (Å²) in [5, 5.41) is 2.15. The van der Waals surface area contributed by atoms with Crippen LogP contribution in [0, 0.1) is 6.92 Å². The van der Waals surface area contributed by atoms with Gasteiger partial charge in [0.25, 0.3) is 0 Å². The summed E-state index contributed by atoms with van der Waals surface area (Å²) in [7, 11) is 0. The lowest BCUT2D eigenvalue weighted by Gasteiger charge is -2.21. The molecule has 0 amide bonds. The lowest BCUT2D eigenvalue weighted by molar-refractivity contribution is 0.111. The Balaban J connectivity index is 1.80. The van der Waals surface area contributed by atoms with Gasteiger partial charge in [0.05, 0.1) is 17.3 Å². The normalized spacial score (nSPS) is 10.7. The number of aldehydes is 1. The van der Waals surface area contributed by atoms with Gasteiger partial charge < -0.3 is 4.90 Å². The molecule has 0 aliphatic carbocycles. The first-order chi connectivity index (χ1) is 12.5. The van der Waals surface area contributed by atoms with E-state index in [1.54, 1.807) is 6.20 Å². The van der Waals surface area contributed by atoms with Gasteiger partial charge in [0.2, 0.25) is 0 Å². The fourth-order valence-corrected chi connectivity index (χ4v) is 3.63. The van der Waals surface area contributed by atoms with Crippen molar-refractivity contribution in [3.63, 3.8) is 0 Å². The third-order valence-corrected chi connectivity index (χ3v) is 5.45. The summed E-state index contributed by atoms with van der Waals surface area (Å²) in [6.45, 7) is 3.25. The zero-order chi connectivity index (χ0) is 18.5. The van der Waals surface area contributed by atoms with Crippen LogP contribution < -0.4 is 4.90 Å². The molecule has 0 aliphatic rings. The van der Waals surface area contributed by atoms with Crippen LogP contribution in [0.4, 0.5) is 5.13 Å². The van der Waals surface area contributed by atoms with E-state index in [4.69, 9.17) is 23.2 Å². The molecule has 0 fully saturated rings. The topological polar surface area (TPSA) is 46.1 Å². The van der Waals surface area contributed by atoms with Gasteiger partial charge in [0.15, 0.2) is 11.4 Å². The van der Waals surface area contributed by atoms with E-state index in [-0.39, 0.29) is 0 Å². The molecule has 0 aliphatic heterocycles. The van der Waals surface area contributed by atoms with Crippen molar-refractivity contribution in [2.45, 2.75) is 19.9 Å². The van der Waals surface area contributed by atoms with Crippen molar-refractivity contribution >= 4 is 46.0 Å².